The second kappa shape index (κ2) is 9.50. The van der Waals surface area contributed by atoms with Crippen molar-refractivity contribution in [2.75, 3.05) is 13.2 Å². The van der Waals surface area contributed by atoms with E-state index < -0.39 is 6.10 Å². The average molecular weight is 357 g/mol. The molecular formula is C20H27N3O3. The van der Waals surface area contributed by atoms with E-state index >= 15 is 0 Å². The molecule has 2 aromatic rings. The Kier molecular flexibility index (Phi) is 6.80. The van der Waals surface area contributed by atoms with Crippen LogP contribution in [0, 0.1) is 0 Å². The predicted molar refractivity (Wildman–Crippen MR) is 98.6 cm³/mol. The van der Waals surface area contributed by atoms with Gasteiger partial charge in [0.05, 0.1) is 19.0 Å². The highest BCUT2D eigenvalue weighted by atomic mass is 16.5. The molecule has 1 amide bonds. The molecule has 2 atom stereocenters. The average Bonchev–Trinajstić information content (AvgIpc) is 3.19. The Labute approximate surface area is 154 Å². The van der Waals surface area contributed by atoms with Gasteiger partial charge in [-0.3, -0.25) is 4.79 Å². The van der Waals surface area contributed by atoms with E-state index in [1.54, 1.807) is 19.4 Å². The van der Waals surface area contributed by atoms with Crippen molar-refractivity contribution in [2.45, 2.75) is 51.5 Å². The van der Waals surface area contributed by atoms with Gasteiger partial charge in [-0.15, -0.1) is 0 Å². The molecule has 6 heteroatoms. The quantitative estimate of drug-likeness (QED) is 0.788. The van der Waals surface area contributed by atoms with E-state index in [0.29, 0.717) is 13.2 Å². The van der Waals surface area contributed by atoms with Crippen LogP contribution in [-0.4, -0.2) is 40.9 Å². The third-order valence-electron chi connectivity index (χ3n) is 4.66. The highest BCUT2D eigenvalue weighted by molar-refractivity contribution is 5.80. The number of nitrogens with zero attached hydrogens (tertiary/aromatic N) is 2. The van der Waals surface area contributed by atoms with Gasteiger partial charge in [0.1, 0.15) is 6.10 Å². The van der Waals surface area contributed by atoms with Crippen LogP contribution in [0.25, 0.3) is 0 Å². The van der Waals surface area contributed by atoms with Crippen LogP contribution in [0.3, 0.4) is 0 Å². The van der Waals surface area contributed by atoms with Crippen LogP contribution in [0.15, 0.2) is 43.0 Å². The van der Waals surface area contributed by atoms with Crippen LogP contribution < -0.4 is 5.32 Å². The van der Waals surface area contributed by atoms with Gasteiger partial charge in [0.15, 0.2) is 0 Å². The fourth-order valence-electron chi connectivity index (χ4n) is 3.05. The lowest BCUT2D eigenvalue weighted by molar-refractivity contribution is -0.135. The normalized spacial score (nSPS) is 18.4. The lowest BCUT2D eigenvalue weighted by Gasteiger charge is -2.24. The summed E-state index contributed by atoms with van der Waals surface area (Å²) in [5, 5.41) is 2.98. The van der Waals surface area contributed by atoms with Crippen molar-refractivity contribution in [3.05, 3.63) is 54.1 Å². The van der Waals surface area contributed by atoms with Gasteiger partial charge in [0.25, 0.3) is 0 Å². The first-order valence-corrected chi connectivity index (χ1v) is 9.26. The number of benzene rings is 1. The van der Waals surface area contributed by atoms with Crippen LogP contribution in [0.2, 0.25) is 0 Å². The fourth-order valence-corrected chi connectivity index (χ4v) is 3.05. The Morgan fingerprint density at radius 2 is 2.23 bits per heavy atom. The van der Waals surface area contributed by atoms with E-state index in [0.717, 1.165) is 37.1 Å². The molecule has 0 aliphatic carbocycles. The van der Waals surface area contributed by atoms with Gasteiger partial charge in [-0.05, 0) is 37.3 Å². The Morgan fingerprint density at radius 1 is 1.38 bits per heavy atom. The summed E-state index contributed by atoms with van der Waals surface area (Å²) < 4.78 is 13.3. The highest BCUT2D eigenvalue weighted by Crippen LogP contribution is 2.14. The second-order valence-corrected chi connectivity index (χ2v) is 6.69. The zero-order valence-corrected chi connectivity index (χ0v) is 15.3. The number of hydrogen-bond acceptors (Lipinski definition) is 4. The first kappa shape index (κ1) is 18.6. The minimum Gasteiger partial charge on any atom is -0.376 e. The maximum absolute atomic E-state index is 12.3. The Morgan fingerprint density at radius 3 is 2.96 bits per heavy atom. The van der Waals surface area contributed by atoms with Gasteiger partial charge in [0.2, 0.25) is 5.91 Å². The molecule has 140 valence electrons. The van der Waals surface area contributed by atoms with Gasteiger partial charge in [-0.25, -0.2) is 4.98 Å². The van der Waals surface area contributed by atoms with Gasteiger partial charge < -0.3 is 19.4 Å². The standard InChI is InChI=1S/C20H27N3O3/c1-16(26-14-19-8-4-5-11-25-19)20(24)22-12-17-6-2-3-7-18(17)13-23-10-9-21-15-23/h2-3,6-7,9-10,15-16,19H,4-5,8,11-14H2,1H3,(H,22,24). The summed E-state index contributed by atoms with van der Waals surface area (Å²) in [7, 11) is 0. The maximum Gasteiger partial charge on any atom is 0.249 e. The molecular weight excluding hydrogens is 330 g/mol. The van der Waals surface area contributed by atoms with Crippen molar-refractivity contribution in [3.63, 3.8) is 0 Å². The lowest BCUT2D eigenvalue weighted by Crippen LogP contribution is -2.36. The van der Waals surface area contributed by atoms with E-state index in [-0.39, 0.29) is 12.0 Å². The molecule has 1 aromatic carbocycles. The first-order chi connectivity index (χ1) is 12.7. The third-order valence-corrected chi connectivity index (χ3v) is 4.66. The second-order valence-electron chi connectivity index (χ2n) is 6.69. The minimum absolute atomic E-state index is 0.0988. The van der Waals surface area contributed by atoms with Crippen molar-refractivity contribution >= 4 is 5.91 Å². The Hall–Kier alpha value is -2.18. The summed E-state index contributed by atoms with van der Waals surface area (Å²) in [6.07, 6.45) is 8.41. The van der Waals surface area contributed by atoms with E-state index in [1.807, 2.05) is 29.0 Å². The summed E-state index contributed by atoms with van der Waals surface area (Å²) >= 11 is 0. The molecule has 1 aliphatic rings. The zero-order chi connectivity index (χ0) is 18.2. The Bertz CT molecular complexity index is 681. The van der Waals surface area contributed by atoms with Gasteiger partial charge in [-0.2, -0.15) is 0 Å². The van der Waals surface area contributed by atoms with Crippen molar-refractivity contribution in [1.82, 2.24) is 14.9 Å². The summed E-state index contributed by atoms with van der Waals surface area (Å²) in [6, 6.07) is 8.10. The molecule has 0 bridgehead atoms. The molecule has 3 rings (SSSR count). The van der Waals surface area contributed by atoms with Crippen LogP contribution in [0.4, 0.5) is 0 Å². The lowest BCUT2D eigenvalue weighted by atomic mass is 10.1. The molecule has 1 fully saturated rings. The number of amides is 1. The molecule has 26 heavy (non-hydrogen) atoms. The summed E-state index contributed by atoms with van der Waals surface area (Å²) in [5.74, 6) is -0.0988. The van der Waals surface area contributed by atoms with Crippen LogP contribution in [0.5, 0.6) is 0 Å². The van der Waals surface area contributed by atoms with Crippen LogP contribution >= 0.6 is 0 Å². The number of carbonyl (C=O) groups excluding carboxylic acids is 1. The molecule has 0 radical (unpaired) electrons. The largest absolute Gasteiger partial charge is 0.376 e. The highest BCUT2D eigenvalue weighted by Gasteiger charge is 2.19. The van der Waals surface area contributed by atoms with Gasteiger partial charge in [-0.1, -0.05) is 24.3 Å². The molecule has 1 aromatic heterocycles. The third kappa shape index (κ3) is 5.41. The summed E-state index contributed by atoms with van der Waals surface area (Å²) in [5.41, 5.74) is 2.26. The number of ether oxygens (including phenoxy) is 2. The van der Waals surface area contributed by atoms with Gasteiger partial charge in [0, 0.05) is 32.1 Å². The fraction of sp³-hybridized carbons (Fsp3) is 0.500. The van der Waals surface area contributed by atoms with E-state index in [1.165, 1.54) is 6.42 Å². The molecule has 1 saturated heterocycles. The molecule has 2 unspecified atom stereocenters. The molecule has 1 N–H and O–H groups in total. The number of aromatic nitrogens is 2. The van der Waals surface area contributed by atoms with Crippen molar-refractivity contribution in [1.29, 1.82) is 0 Å². The zero-order valence-electron chi connectivity index (χ0n) is 15.3. The summed E-state index contributed by atoms with van der Waals surface area (Å²) in [6.45, 7) is 4.28. The number of carbonyl (C=O) groups is 1. The Balaban J connectivity index is 1.47. The minimum atomic E-state index is -0.485. The maximum atomic E-state index is 12.3. The molecule has 0 saturated carbocycles. The van der Waals surface area contributed by atoms with Gasteiger partial charge >= 0.3 is 0 Å². The van der Waals surface area contributed by atoms with Crippen LogP contribution in [-0.2, 0) is 27.4 Å². The molecule has 0 spiro atoms. The number of imidazole rings is 1. The van der Waals surface area contributed by atoms with Crippen molar-refractivity contribution in [2.24, 2.45) is 0 Å². The van der Waals surface area contributed by atoms with Crippen molar-refractivity contribution in [3.8, 4) is 0 Å². The number of hydrogen-bond donors (Lipinski definition) is 1. The smallest absolute Gasteiger partial charge is 0.249 e. The SMILES string of the molecule is CC(OCC1CCCCO1)C(=O)NCc1ccccc1Cn1ccnc1. The van der Waals surface area contributed by atoms with E-state index in [9.17, 15) is 4.79 Å². The first-order valence-electron chi connectivity index (χ1n) is 9.26. The molecule has 1 aliphatic heterocycles. The number of rotatable bonds is 8. The molecule has 6 nitrogen and oxygen atoms in total. The molecule has 2 heterocycles. The summed E-state index contributed by atoms with van der Waals surface area (Å²) in [4.78, 5) is 16.4. The van der Waals surface area contributed by atoms with E-state index in [2.05, 4.69) is 16.4 Å². The van der Waals surface area contributed by atoms with E-state index in [4.69, 9.17) is 9.47 Å². The van der Waals surface area contributed by atoms with Crippen LogP contribution in [0.1, 0.15) is 37.3 Å². The monoisotopic (exact) mass is 357 g/mol. The van der Waals surface area contributed by atoms with Crippen molar-refractivity contribution < 1.29 is 14.3 Å². The topological polar surface area (TPSA) is 65.4 Å². The number of nitrogens with one attached hydrogen (secondary N) is 1. The predicted octanol–water partition coefficient (Wildman–Crippen LogP) is 2.52.